The highest BCUT2D eigenvalue weighted by atomic mass is 16.6. The Kier molecular flexibility index (Phi) is 47.9. The maximum atomic E-state index is 12.8. The fourth-order valence-electron chi connectivity index (χ4n) is 7.32. The molecule has 0 unspecified atom stereocenters. The molecule has 0 aromatic carbocycles. The van der Waals surface area contributed by atoms with Gasteiger partial charge >= 0.3 is 17.9 Å². The molecule has 0 heterocycles. The van der Waals surface area contributed by atoms with Crippen molar-refractivity contribution < 1.29 is 28.6 Å². The highest BCUT2D eigenvalue weighted by Crippen LogP contribution is 2.15. The van der Waals surface area contributed by atoms with Gasteiger partial charge in [-0.2, -0.15) is 0 Å². The third-order valence-corrected chi connectivity index (χ3v) is 11.3. The summed E-state index contributed by atoms with van der Waals surface area (Å²) >= 11 is 0. The summed E-state index contributed by atoms with van der Waals surface area (Å²) in [5, 5.41) is 0. The fourth-order valence-corrected chi connectivity index (χ4v) is 7.32. The lowest BCUT2D eigenvalue weighted by Crippen LogP contribution is -2.30. The topological polar surface area (TPSA) is 78.9 Å². The zero-order chi connectivity index (χ0) is 44.4. The SMILES string of the molecule is CCCC/C=C\CCCCCCCC(=O)OC[C@@H](COC(=O)CCC/C=C\C/C=C\C/C=C\CCCCCCCC)OC(=O)CCCCCCCCCCCCCCCCC. The first-order chi connectivity index (χ1) is 30.0. The molecule has 0 aliphatic rings. The first-order valence-electron chi connectivity index (χ1n) is 26.1. The van der Waals surface area contributed by atoms with Gasteiger partial charge in [0.1, 0.15) is 13.2 Å². The minimum absolute atomic E-state index is 0.0910. The first-order valence-corrected chi connectivity index (χ1v) is 26.1. The van der Waals surface area contributed by atoms with Crippen LogP contribution >= 0.6 is 0 Å². The van der Waals surface area contributed by atoms with E-state index in [-0.39, 0.29) is 37.5 Å². The number of esters is 3. The number of carbonyl (C=O) groups excluding carboxylic acids is 3. The van der Waals surface area contributed by atoms with Gasteiger partial charge in [-0.3, -0.25) is 14.4 Å². The largest absolute Gasteiger partial charge is 0.462 e. The van der Waals surface area contributed by atoms with Crippen LogP contribution < -0.4 is 0 Å². The van der Waals surface area contributed by atoms with E-state index in [1.807, 2.05) is 0 Å². The van der Waals surface area contributed by atoms with Crippen LogP contribution in [0.4, 0.5) is 0 Å². The van der Waals surface area contributed by atoms with Crippen molar-refractivity contribution in [1.82, 2.24) is 0 Å². The molecule has 0 aromatic rings. The van der Waals surface area contributed by atoms with E-state index < -0.39 is 6.10 Å². The van der Waals surface area contributed by atoms with E-state index in [4.69, 9.17) is 14.2 Å². The predicted octanol–water partition coefficient (Wildman–Crippen LogP) is 17.1. The zero-order valence-corrected chi connectivity index (χ0v) is 40.4. The molecule has 0 aliphatic carbocycles. The summed E-state index contributed by atoms with van der Waals surface area (Å²) in [7, 11) is 0. The van der Waals surface area contributed by atoms with Crippen LogP contribution in [0.5, 0.6) is 0 Å². The second-order valence-corrected chi connectivity index (χ2v) is 17.4. The average molecular weight is 855 g/mol. The monoisotopic (exact) mass is 855 g/mol. The molecule has 0 spiro atoms. The highest BCUT2D eigenvalue weighted by Gasteiger charge is 2.19. The maximum absolute atomic E-state index is 12.8. The minimum Gasteiger partial charge on any atom is -0.462 e. The number of allylic oxidation sites excluding steroid dienone is 8. The molecule has 0 rings (SSSR count). The fraction of sp³-hybridized carbons (Fsp3) is 0.800. The van der Waals surface area contributed by atoms with Gasteiger partial charge in [0, 0.05) is 19.3 Å². The van der Waals surface area contributed by atoms with Crippen LogP contribution in [0.15, 0.2) is 48.6 Å². The number of hydrogen-bond donors (Lipinski definition) is 0. The zero-order valence-electron chi connectivity index (χ0n) is 40.4. The van der Waals surface area contributed by atoms with E-state index in [0.717, 1.165) is 64.2 Å². The molecule has 0 radical (unpaired) electrons. The molecule has 0 fully saturated rings. The van der Waals surface area contributed by atoms with Gasteiger partial charge in [-0.05, 0) is 70.6 Å². The van der Waals surface area contributed by atoms with Gasteiger partial charge in [-0.15, -0.1) is 0 Å². The molecular formula is C55H98O6. The second-order valence-electron chi connectivity index (χ2n) is 17.4. The van der Waals surface area contributed by atoms with Gasteiger partial charge in [-0.25, -0.2) is 0 Å². The Labute approximate surface area is 378 Å². The van der Waals surface area contributed by atoms with Crippen LogP contribution in [0, 0.1) is 0 Å². The summed E-state index contributed by atoms with van der Waals surface area (Å²) < 4.78 is 16.7. The number of ether oxygens (including phenoxy) is 3. The molecule has 0 saturated carbocycles. The molecule has 354 valence electrons. The second kappa shape index (κ2) is 50.0. The van der Waals surface area contributed by atoms with E-state index >= 15 is 0 Å². The predicted molar refractivity (Wildman–Crippen MR) is 261 cm³/mol. The summed E-state index contributed by atoms with van der Waals surface area (Å²) in [5.74, 6) is -0.946. The number of rotatable bonds is 47. The molecular weight excluding hydrogens is 757 g/mol. The molecule has 0 amide bonds. The van der Waals surface area contributed by atoms with Gasteiger partial charge in [0.15, 0.2) is 6.10 Å². The van der Waals surface area contributed by atoms with Gasteiger partial charge in [-0.1, -0.05) is 223 Å². The Morgan fingerprint density at radius 2 is 0.623 bits per heavy atom. The molecule has 6 heteroatoms. The summed E-state index contributed by atoms with van der Waals surface area (Å²) in [6.07, 6.45) is 59.6. The van der Waals surface area contributed by atoms with E-state index in [2.05, 4.69) is 69.4 Å². The minimum atomic E-state index is -0.792. The van der Waals surface area contributed by atoms with E-state index in [0.29, 0.717) is 19.3 Å². The van der Waals surface area contributed by atoms with Gasteiger partial charge in [0.2, 0.25) is 0 Å². The maximum Gasteiger partial charge on any atom is 0.306 e. The lowest BCUT2D eigenvalue weighted by Gasteiger charge is -2.18. The molecule has 6 nitrogen and oxygen atoms in total. The summed E-state index contributed by atoms with van der Waals surface area (Å²) in [6.45, 7) is 6.56. The van der Waals surface area contributed by atoms with Gasteiger partial charge in [0.25, 0.3) is 0 Å². The van der Waals surface area contributed by atoms with Gasteiger partial charge in [0.05, 0.1) is 0 Å². The van der Waals surface area contributed by atoms with Crippen molar-refractivity contribution in [2.24, 2.45) is 0 Å². The standard InChI is InChI=1S/C55H98O6/c1-4-7-10-13-16-19-22-24-26-27-29-30-33-36-39-42-45-48-54(57)60-51-52(50-59-53(56)47-44-41-38-35-32-21-18-15-12-9-6-3)61-55(58)49-46-43-40-37-34-31-28-25-23-20-17-14-11-8-5-2/h15,18,24,26,29-30,36,39,52H,4-14,16-17,19-23,25,27-28,31-35,37-38,40-51H2,1-3H3/b18-15-,26-24-,30-29-,39-36-/t52-/m0/s1. The molecule has 0 saturated heterocycles. The highest BCUT2D eigenvalue weighted by molar-refractivity contribution is 5.71. The first kappa shape index (κ1) is 58.4. The number of carbonyl (C=O) groups is 3. The van der Waals surface area contributed by atoms with Crippen molar-refractivity contribution in [3.8, 4) is 0 Å². The van der Waals surface area contributed by atoms with Crippen LogP contribution in [0.1, 0.15) is 265 Å². The van der Waals surface area contributed by atoms with Crippen molar-refractivity contribution in [2.75, 3.05) is 13.2 Å². The lowest BCUT2D eigenvalue weighted by atomic mass is 10.0. The third kappa shape index (κ3) is 48.3. The van der Waals surface area contributed by atoms with Crippen molar-refractivity contribution in [1.29, 1.82) is 0 Å². The third-order valence-electron chi connectivity index (χ3n) is 11.3. The van der Waals surface area contributed by atoms with Crippen molar-refractivity contribution in [3.05, 3.63) is 48.6 Å². The van der Waals surface area contributed by atoms with E-state index in [1.165, 1.54) is 154 Å². The summed E-state index contributed by atoms with van der Waals surface area (Å²) in [4.78, 5) is 37.9. The Balaban J connectivity index is 4.42. The Morgan fingerprint density at radius 3 is 1.05 bits per heavy atom. The van der Waals surface area contributed by atoms with Crippen LogP contribution in [0.3, 0.4) is 0 Å². The molecule has 0 N–H and O–H groups in total. The molecule has 1 atom stereocenters. The van der Waals surface area contributed by atoms with E-state index in [9.17, 15) is 14.4 Å². The summed E-state index contributed by atoms with van der Waals surface area (Å²) in [5.41, 5.74) is 0. The molecule has 0 bridgehead atoms. The number of hydrogen-bond acceptors (Lipinski definition) is 6. The smallest absolute Gasteiger partial charge is 0.306 e. The Morgan fingerprint density at radius 1 is 0.328 bits per heavy atom. The van der Waals surface area contributed by atoms with E-state index in [1.54, 1.807) is 0 Å². The number of unbranched alkanes of at least 4 members (excludes halogenated alkanes) is 28. The molecule has 0 aromatic heterocycles. The Hall–Kier alpha value is -2.63. The van der Waals surface area contributed by atoms with Crippen LogP contribution in [0.2, 0.25) is 0 Å². The average Bonchev–Trinajstić information content (AvgIpc) is 3.26. The van der Waals surface area contributed by atoms with Crippen molar-refractivity contribution in [3.63, 3.8) is 0 Å². The van der Waals surface area contributed by atoms with Gasteiger partial charge < -0.3 is 14.2 Å². The van der Waals surface area contributed by atoms with Crippen LogP contribution in [0.25, 0.3) is 0 Å². The van der Waals surface area contributed by atoms with Crippen LogP contribution in [-0.4, -0.2) is 37.2 Å². The quantitative estimate of drug-likeness (QED) is 0.0263. The van der Waals surface area contributed by atoms with Crippen molar-refractivity contribution in [2.45, 2.75) is 271 Å². The molecule has 61 heavy (non-hydrogen) atoms. The van der Waals surface area contributed by atoms with Crippen LogP contribution in [-0.2, 0) is 28.6 Å². The summed E-state index contributed by atoms with van der Waals surface area (Å²) in [6, 6.07) is 0. The normalized spacial score (nSPS) is 12.4. The Bertz CT molecular complexity index is 1070. The lowest BCUT2D eigenvalue weighted by molar-refractivity contribution is -0.167. The molecule has 0 aliphatic heterocycles. The van der Waals surface area contributed by atoms with Crippen molar-refractivity contribution >= 4 is 17.9 Å².